The first-order valence-corrected chi connectivity index (χ1v) is 8.51. The van der Waals surface area contributed by atoms with Crippen molar-refractivity contribution >= 4 is 16.9 Å². The van der Waals surface area contributed by atoms with Crippen LogP contribution in [0.1, 0.15) is 37.0 Å². The highest BCUT2D eigenvalue weighted by Crippen LogP contribution is 2.29. The molecule has 3 rings (SSSR count). The Kier molecular flexibility index (Phi) is 4.47. The predicted molar refractivity (Wildman–Crippen MR) is 94.6 cm³/mol. The van der Waals surface area contributed by atoms with E-state index in [-0.39, 0.29) is 16.7 Å². The summed E-state index contributed by atoms with van der Waals surface area (Å²) in [6, 6.07) is 1.52. The minimum absolute atomic E-state index is 0.0704. The second-order valence-electron chi connectivity index (χ2n) is 7.00. The third-order valence-electron chi connectivity index (χ3n) is 4.86. The lowest BCUT2D eigenvalue weighted by atomic mass is 9.90. The van der Waals surface area contributed by atoms with E-state index >= 15 is 0 Å². The van der Waals surface area contributed by atoms with Crippen LogP contribution >= 0.6 is 0 Å². The van der Waals surface area contributed by atoms with E-state index < -0.39 is 11.2 Å². The average Bonchev–Trinajstić information content (AvgIpc) is 3.00. The molecule has 0 aliphatic carbocycles. The number of likely N-dealkylation sites (tertiary alicyclic amines) is 1. The van der Waals surface area contributed by atoms with E-state index in [1.165, 1.54) is 16.8 Å². The molecule has 0 spiro atoms. The number of fused-ring (bicyclic) bond motifs is 1. The summed E-state index contributed by atoms with van der Waals surface area (Å²) in [7, 11) is 0. The fraction of sp³-hybridized carbons (Fsp3) is 0.529. The maximum absolute atomic E-state index is 12.7. The topological polar surface area (TPSA) is 114 Å². The van der Waals surface area contributed by atoms with Crippen molar-refractivity contribution in [2.24, 2.45) is 11.1 Å². The fourth-order valence-electron chi connectivity index (χ4n) is 3.26. The number of amides is 1. The number of carbonyl (C=O) groups excluding carboxylic acids is 1. The molecular formula is C17H23N5O3. The maximum atomic E-state index is 12.7. The third kappa shape index (κ3) is 3.09. The first-order valence-electron chi connectivity index (χ1n) is 8.51. The largest absolute Gasteiger partial charge is 0.338 e. The number of carbonyl (C=O) groups is 1. The fourth-order valence-corrected chi connectivity index (χ4v) is 3.26. The van der Waals surface area contributed by atoms with Crippen LogP contribution in [0, 0.1) is 5.41 Å². The first-order chi connectivity index (χ1) is 11.9. The Hall–Kier alpha value is -2.48. The lowest BCUT2D eigenvalue weighted by molar-refractivity contribution is 0.0776. The van der Waals surface area contributed by atoms with Gasteiger partial charge in [0.2, 0.25) is 0 Å². The summed E-state index contributed by atoms with van der Waals surface area (Å²) in [5, 5.41) is 0.250. The van der Waals surface area contributed by atoms with E-state index in [0.29, 0.717) is 37.4 Å². The molecule has 1 aliphatic heterocycles. The molecule has 1 atom stereocenters. The third-order valence-corrected chi connectivity index (χ3v) is 4.86. The zero-order chi connectivity index (χ0) is 18.2. The van der Waals surface area contributed by atoms with Gasteiger partial charge in [0.05, 0.1) is 10.9 Å². The van der Waals surface area contributed by atoms with Gasteiger partial charge in [0.1, 0.15) is 5.65 Å². The second-order valence-corrected chi connectivity index (χ2v) is 7.00. The first kappa shape index (κ1) is 17.3. The summed E-state index contributed by atoms with van der Waals surface area (Å²) in [5.74, 6) is -0.167. The summed E-state index contributed by atoms with van der Waals surface area (Å²) in [6.45, 7) is 6.20. The summed E-state index contributed by atoms with van der Waals surface area (Å²) >= 11 is 0. The van der Waals surface area contributed by atoms with E-state index in [1.807, 2.05) is 6.92 Å². The van der Waals surface area contributed by atoms with Gasteiger partial charge in [-0.15, -0.1) is 0 Å². The van der Waals surface area contributed by atoms with Crippen LogP contribution in [0.3, 0.4) is 0 Å². The molecule has 3 heterocycles. The van der Waals surface area contributed by atoms with Crippen molar-refractivity contribution in [2.45, 2.75) is 33.2 Å². The summed E-state index contributed by atoms with van der Waals surface area (Å²) in [6.07, 6.45) is 3.02. The van der Waals surface area contributed by atoms with Gasteiger partial charge in [0, 0.05) is 25.8 Å². The predicted octanol–water partition coefficient (Wildman–Crippen LogP) is 0.306. The Morgan fingerprint density at radius 3 is 2.84 bits per heavy atom. The van der Waals surface area contributed by atoms with E-state index in [1.54, 1.807) is 4.90 Å². The molecule has 8 heteroatoms. The van der Waals surface area contributed by atoms with Crippen molar-refractivity contribution in [3.8, 4) is 0 Å². The van der Waals surface area contributed by atoms with Gasteiger partial charge in [0.25, 0.3) is 11.5 Å². The zero-order valence-corrected chi connectivity index (χ0v) is 14.5. The Balaban J connectivity index is 2.01. The van der Waals surface area contributed by atoms with Crippen molar-refractivity contribution in [2.75, 3.05) is 19.6 Å². The molecule has 2 aromatic heterocycles. The zero-order valence-electron chi connectivity index (χ0n) is 14.5. The normalized spacial score (nSPS) is 20.4. The molecule has 1 unspecified atom stereocenters. The molecule has 25 heavy (non-hydrogen) atoms. The molecule has 0 aromatic carbocycles. The molecule has 3 N–H and O–H groups in total. The van der Waals surface area contributed by atoms with Crippen LogP contribution in [0.5, 0.6) is 0 Å². The van der Waals surface area contributed by atoms with Gasteiger partial charge < -0.3 is 10.6 Å². The minimum Gasteiger partial charge on any atom is -0.338 e. The van der Waals surface area contributed by atoms with Gasteiger partial charge in [-0.05, 0) is 30.9 Å². The molecule has 8 nitrogen and oxygen atoms in total. The molecule has 1 saturated heterocycles. The number of H-pyrrole nitrogens is 1. The molecule has 2 aromatic rings. The van der Waals surface area contributed by atoms with Crippen molar-refractivity contribution < 1.29 is 4.79 Å². The number of rotatable bonds is 4. The lowest BCUT2D eigenvalue weighted by Gasteiger charge is -2.22. The molecule has 0 radical (unpaired) electrons. The van der Waals surface area contributed by atoms with Gasteiger partial charge in [0.15, 0.2) is 0 Å². The monoisotopic (exact) mass is 345 g/mol. The van der Waals surface area contributed by atoms with Crippen LogP contribution in [-0.2, 0) is 6.54 Å². The Morgan fingerprint density at radius 2 is 2.20 bits per heavy atom. The van der Waals surface area contributed by atoms with Gasteiger partial charge >= 0.3 is 5.69 Å². The van der Waals surface area contributed by atoms with Gasteiger partial charge in [-0.25, -0.2) is 9.78 Å². The molecule has 0 saturated carbocycles. The number of pyridine rings is 1. The second kappa shape index (κ2) is 6.44. The van der Waals surface area contributed by atoms with Crippen molar-refractivity contribution in [1.82, 2.24) is 19.4 Å². The number of aryl methyl sites for hydroxylation is 1. The lowest BCUT2D eigenvalue weighted by Crippen LogP contribution is -2.35. The van der Waals surface area contributed by atoms with E-state index in [2.05, 4.69) is 16.9 Å². The Labute approximate surface area is 144 Å². The number of hydrogen-bond acceptors (Lipinski definition) is 5. The molecule has 1 aliphatic rings. The molecular weight excluding hydrogens is 322 g/mol. The smallest absolute Gasteiger partial charge is 0.329 e. The number of nitrogens with two attached hydrogens (primary N) is 1. The van der Waals surface area contributed by atoms with Crippen LogP contribution in [-0.4, -0.2) is 45.0 Å². The number of aromatic nitrogens is 3. The van der Waals surface area contributed by atoms with Crippen LogP contribution in [0.4, 0.5) is 0 Å². The molecule has 1 amide bonds. The van der Waals surface area contributed by atoms with Crippen LogP contribution in [0.15, 0.2) is 21.9 Å². The number of aromatic amines is 1. The molecule has 134 valence electrons. The maximum Gasteiger partial charge on any atom is 0.329 e. The molecule has 1 fully saturated rings. The van der Waals surface area contributed by atoms with Gasteiger partial charge in [-0.2, -0.15) is 0 Å². The highest BCUT2D eigenvalue weighted by molar-refractivity contribution is 5.96. The van der Waals surface area contributed by atoms with Crippen molar-refractivity contribution in [1.29, 1.82) is 0 Å². The Bertz CT molecular complexity index is 932. The van der Waals surface area contributed by atoms with E-state index in [9.17, 15) is 14.4 Å². The quantitative estimate of drug-likeness (QED) is 0.827. The van der Waals surface area contributed by atoms with Crippen molar-refractivity contribution in [3.05, 3.63) is 38.7 Å². The summed E-state index contributed by atoms with van der Waals surface area (Å²) in [5.41, 5.74) is 5.37. The summed E-state index contributed by atoms with van der Waals surface area (Å²) in [4.78, 5) is 45.1. The van der Waals surface area contributed by atoms with Crippen LogP contribution in [0.2, 0.25) is 0 Å². The minimum atomic E-state index is -0.525. The van der Waals surface area contributed by atoms with E-state index in [4.69, 9.17) is 5.73 Å². The number of nitrogens with one attached hydrogen (secondary N) is 1. The average molecular weight is 345 g/mol. The number of hydrogen-bond donors (Lipinski definition) is 2. The Morgan fingerprint density at radius 1 is 1.44 bits per heavy atom. The number of nitrogens with zero attached hydrogens (tertiary/aromatic N) is 3. The molecule has 0 bridgehead atoms. The highest BCUT2D eigenvalue weighted by atomic mass is 16.2. The standard InChI is InChI=1S/C17H23N5O3/c1-3-5-22-13-12(14(23)20-16(22)25)7-11(8-19-13)15(24)21-6-4-17(2,9-18)10-21/h7-8H,3-6,9-10,18H2,1-2H3,(H,20,23,25). The van der Waals surface area contributed by atoms with E-state index in [0.717, 1.165) is 12.8 Å². The highest BCUT2D eigenvalue weighted by Gasteiger charge is 2.35. The van der Waals surface area contributed by atoms with Crippen LogP contribution in [0.25, 0.3) is 11.0 Å². The van der Waals surface area contributed by atoms with Crippen molar-refractivity contribution in [3.63, 3.8) is 0 Å². The van der Waals surface area contributed by atoms with Crippen LogP contribution < -0.4 is 17.0 Å². The van der Waals surface area contributed by atoms with Gasteiger partial charge in [-0.3, -0.25) is 19.1 Å². The SMILES string of the molecule is CCCn1c(=O)[nH]c(=O)c2cc(C(=O)N3CCC(C)(CN)C3)cnc21. The van der Waals surface area contributed by atoms with Gasteiger partial charge in [-0.1, -0.05) is 13.8 Å². The summed E-state index contributed by atoms with van der Waals surface area (Å²) < 4.78 is 1.42.